The van der Waals surface area contributed by atoms with Crippen molar-refractivity contribution < 1.29 is 14.3 Å². The fraction of sp³-hybridized carbons (Fsp3) is 0.385. The minimum atomic E-state index is -0.0510. The number of amides is 1. The molecule has 3 atom stereocenters. The second kappa shape index (κ2) is 9.47. The van der Waals surface area contributed by atoms with Gasteiger partial charge in [0.2, 0.25) is 0 Å². The van der Waals surface area contributed by atoms with Crippen molar-refractivity contribution in [3.63, 3.8) is 0 Å². The number of nitrogens with one attached hydrogen (secondary N) is 2. The summed E-state index contributed by atoms with van der Waals surface area (Å²) in [5.74, 6) is 2.91. The van der Waals surface area contributed by atoms with Gasteiger partial charge < -0.3 is 20.1 Å². The van der Waals surface area contributed by atoms with Gasteiger partial charge in [0, 0.05) is 23.2 Å². The van der Waals surface area contributed by atoms with Crippen LogP contribution in [0.5, 0.6) is 11.5 Å². The summed E-state index contributed by atoms with van der Waals surface area (Å²) in [6.07, 6.45) is 3.40. The lowest BCUT2D eigenvalue weighted by Gasteiger charge is -2.34. The zero-order valence-electron chi connectivity index (χ0n) is 19.1. The average Bonchev–Trinajstić information content (AvgIpc) is 2.81. The van der Waals surface area contributed by atoms with Gasteiger partial charge in [-0.25, -0.2) is 4.98 Å². The molecule has 1 aromatic heterocycles. The predicted molar refractivity (Wildman–Crippen MR) is 128 cm³/mol. The number of carbonyl (C=O) groups is 1. The first-order valence-electron chi connectivity index (χ1n) is 11.2. The molecule has 0 radical (unpaired) electrons. The molecule has 3 aromatic rings. The number of benzene rings is 2. The summed E-state index contributed by atoms with van der Waals surface area (Å²) in [5.41, 5.74) is 2.20. The quantitative estimate of drug-likeness (QED) is 0.533. The molecule has 168 valence electrons. The summed E-state index contributed by atoms with van der Waals surface area (Å²) in [5, 5.41) is 7.46. The van der Waals surface area contributed by atoms with Crippen LogP contribution in [0.15, 0.2) is 48.5 Å². The fourth-order valence-corrected chi connectivity index (χ4v) is 4.52. The Morgan fingerprint density at radius 3 is 2.56 bits per heavy atom. The van der Waals surface area contributed by atoms with Crippen LogP contribution in [0.25, 0.3) is 10.9 Å². The standard InChI is InChI=1S/C26H31N3O3/c1-16-8-7-11-21(17(16)2)29-26(30)20-15-25(28-22-10-6-5-9-19(20)22)27-18-12-13-23(31-3)24(14-18)32-4/h5-6,9-10,12-17,21H,7-8,11H2,1-4H3,(H,27,28)(H,29,30)/t16-,17-,21+/m0/s1. The van der Waals surface area contributed by atoms with Gasteiger partial charge in [0.15, 0.2) is 11.5 Å². The van der Waals surface area contributed by atoms with Gasteiger partial charge >= 0.3 is 0 Å². The largest absolute Gasteiger partial charge is 0.493 e. The molecule has 0 unspecified atom stereocenters. The number of nitrogens with zero attached hydrogens (tertiary/aromatic N) is 1. The number of hydrogen-bond donors (Lipinski definition) is 2. The van der Waals surface area contributed by atoms with Gasteiger partial charge in [-0.15, -0.1) is 0 Å². The summed E-state index contributed by atoms with van der Waals surface area (Å²) in [4.78, 5) is 18.1. The maximum atomic E-state index is 13.4. The lowest BCUT2D eigenvalue weighted by atomic mass is 9.78. The van der Waals surface area contributed by atoms with E-state index in [9.17, 15) is 4.79 Å². The lowest BCUT2D eigenvalue weighted by molar-refractivity contribution is 0.0892. The Morgan fingerprint density at radius 1 is 1.00 bits per heavy atom. The number of hydrogen-bond acceptors (Lipinski definition) is 5. The zero-order valence-corrected chi connectivity index (χ0v) is 19.1. The van der Waals surface area contributed by atoms with Crippen LogP contribution in [0.2, 0.25) is 0 Å². The summed E-state index contributed by atoms with van der Waals surface area (Å²) < 4.78 is 10.7. The molecule has 6 heteroatoms. The zero-order chi connectivity index (χ0) is 22.7. The molecule has 0 saturated heterocycles. The minimum absolute atomic E-state index is 0.0510. The second-order valence-electron chi connectivity index (χ2n) is 8.61. The first kappa shape index (κ1) is 21.9. The Balaban J connectivity index is 1.65. The molecule has 6 nitrogen and oxygen atoms in total. The van der Waals surface area contributed by atoms with E-state index in [4.69, 9.17) is 14.5 Å². The number of fused-ring (bicyclic) bond motifs is 1. The SMILES string of the molecule is COc1ccc(Nc2cc(C(=O)N[C@@H]3CCC[C@H](C)[C@@H]3C)c3ccccc3n2)cc1OC. The van der Waals surface area contributed by atoms with Gasteiger partial charge in [-0.1, -0.05) is 44.9 Å². The van der Waals surface area contributed by atoms with Gasteiger partial charge in [-0.3, -0.25) is 4.79 Å². The van der Waals surface area contributed by atoms with Crippen molar-refractivity contribution in [2.24, 2.45) is 11.8 Å². The molecule has 0 spiro atoms. The third-order valence-electron chi connectivity index (χ3n) is 6.64. The molecule has 1 heterocycles. The van der Waals surface area contributed by atoms with E-state index in [1.54, 1.807) is 14.2 Å². The van der Waals surface area contributed by atoms with Crippen LogP contribution in [0.1, 0.15) is 43.5 Å². The Morgan fingerprint density at radius 2 is 1.78 bits per heavy atom. The topological polar surface area (TPSA) is 72.5 Å². The first-order chi connectivity index (χ1) is 15.5. The van der Waals surface area contributed by atoms with E-state index in [1.165, 1.54) is 6.42 Å². The van der Waals surface area contributed by atoms with Crippen molar-refractivity contribution in [3.05, 3.63) is 54.1 Å². The summed E-state index contributed by atoms with van der Waals surface area (Å²) >= 11 is 0. The maximum absolute atomic E-state index is 13.4. The highest BCUT2D eigenvalue weighted by atomic mass is 16.5. The van der Waals surface area contributed by atoms with Crippen molar-refractivity contribution in [2.45, 2.75) is 39.2 Å². The van der Waals surface area contributed by atoms with E-state index in [-0.39, 0.29) is 11.9 Å². The van der Waals surface area contributed by atoms with Crippen molar-refractivity contribution in [3.8, 4) is 11.5 Å². The Bertz CT molecular complexity index is 1110. The average molecular weight is 434 g/mol. The fourth-order valence-electron chi connectivity index (χ4n) is 4.52. The molecule has 4 rings (SSSR count). The Hall–Kier alpha value is -3.28. The third-order valence-corrected chi connectivity index (χ3v) is 6.64. The molecule has 1 amide bonds. The number of anilines is 2. The summed E-state index contributed by atoms with van der Waals surface area (Å²) in [6.45, 7) is 4.51. The number of aromatic nitrogens is 1. The first-order valence-corrected chi connectivity index (χ1v) is 11.2. The molecule has 1 aliphatic rings. The highest BCUT2D eigenvalue weighted by Crippen LogP contribution is 2.32. The van der Waals surface area contributed by atoms with Crippen LogP contribution in [0.3, 0.4) is 0 Å². The molecule has 1 aliphatic carbocycles. The molecule has 2 aromatic carbocycles. The normalized spacial score (nSPS) is 20.6. The third kappa shape index (κ3) is 4.49. The number of rotatable bonds is 6. The highest BCUT2D eigenvalue weighted by molar-refractivity contribution is 6.07. The van der Waals surface area contributed by atoms with Gasteiger partial charge in [-0.2, -0.15) is 0 Å². The smallest absolute Gasteiger partial charge is 0.252 e. The summed E-state index contributed by atoms with van der Waals surface area (Å²) in [6, 6.07) is 15.3. The van der Waals surface area contributed by atoms with Crippen LogP contribution < -0.4 is 20.1 Å². The molecular weight excluding hydrogens is 402 g/mol. The van der Waals surface area contributed by atoms with E-state index >= 15 is 0 Å². The van der Waals surface area contributed by atoms with Crippen LogP contribution in [-0.4, -0.2) is 31.2 Å². The minimum Gasteiger partial charge on any atom is -0.493 e. The molecule has 2 N–H and O–H groups in total. The number of methoxy groups -OCH3 is 2. The van der Waals surface area contributed by atoms with Crippen LogP contribution in [-0.2, 0) is 0 Å². The maximum Gasteiger partial charge on any atom is 0.252 e. The van der Waals surface area contributed by atoms with Gasteiger partial charge in [0.1, 0.15) is 5.82 Å². The Labute approximate surface area is 189 Å². The number of pyridine rings is 1. The van der Waals surface area contributed by atoms with E-state index in [0.717, 1.165) is 29.4 Å². The van der Waals surface area contributed by atoms with Crippen LogP contribution in [0.4, 0.5) is 11.5 Å². The van der Waals surface area contributed by atoms with E-state index in [0.29, 0.717) is 34.7 Å². The van der Waals surface area contributed by atoms with E-state index < -0.39 is 0 Å². The van der Waals surface area contributed by atoms with Gasteiger partial charge in [0.05, 0.1) is 25.3 Å². The number of carbonyl (C=O) groups excluding carboxylic acids is 1. The van der Waals surface area contributed by atoms with Crippen molar-refractivity contribution in [1.82, 2.24) is 10.3 Å². The van der Waals surface area contributed by atoms with Crippen molar-refractivity contribution in [1.29, 1.82) is 0 Å². The van der Waals surface area contributed by atoms with Gasteiger partial charge in [0.25, 0.3) is 5.91 Å². The van der Waals surface area contributed by atoms with Crippen molar-refractivity contribution in [2.75, 3.05) is 19.5 Å². The van der Waals surface area contributed by atoms with Crippen molar-refractivity contribution >= 4 is 28.3 Å². The number of para-hydroxylation sites is 1. The molecule has 0 bridgehead atoms. The van der Waals surface area contributed by atoms with E-state index in [1.807, 2.05) is 48.5 Å². The molecular formula is C26H31N3O3. The molecule has 32 heavy (non-hydrogen) atoms. The molecule has 1 fully saturated rings. The number of ether oxygens (including phenoxy) is 2. The molecule has 1 saturated carbocycles. The Kier molecular flexibility index (Phi) is 6.49. The summed E-state index contributed by atoms with van der Waals surface area (Å²) in [7, 11) is 3.21. The highest BCUT2D eigenvalue weighted by Gasteiger charge is 2.29. The monoisotopic (exact) mass is 433 g/mol. The van der Waals surface area contributed by atoms with Crippen LogP contribution in [0, 0.1) is 11.8 Å². The van der Waals surface area contributed by atoms with E-state index in [2.05, 4.69) is 24.5 Å². The predicted octanol–water partition coefficient (Wildman–Crippen LogP) is 5.55. The lowest BCUT2D eigenvalue weighted by Crippen LogP contribution is -2.43. The molecule has 0 aliphatic heterocycles. The van der Waals surface area contributed by atoms with Gasteiger partial charge in [-0.05, 0) is 42.5 Å². The second-order valence-corrected chi connectivity index (χ2v) is 8.61. The van der Waals surface area contributed by atoms with Crippen LogP contribution >= 0.6 is 0 Å².